The SMILES string of the molecule is Nc1cc(-c2cc(F)ccc2[N+](=O)[O-])sc1C(=O)O. The number of carboxylic acid groups (broad SMARTS) is 1. The normalized spacial score (nSPS) is 10.4. The number of hydrogen-bond donors (Lipinski definition) is 2. The van der Waals surface area contributed by atoms with Crippen molar-refractivity contribution in [3.05, 3.63) is 45.1 Å². The third-order valence-electron chi connectivity index (χ3n) is 2.38. The number of nitro benzene ring substituents is 1. The van der Waals surface area contributed by atoms with E-state index in [4.69, 9.17) is 10.8 Å². The molecule has 2 aromatic rings. The average molecular weight is 282 g/mol. The summed E-state index contributed by atoms with van der Waals surface area (Å²) in [6.45, 7) is 0. The minimum absolute atomic E-state index is 0.00828. The summed E-state index contributed by atoms with van der Waals surface area (Å²) in [5.74, 6) is -1.88. The van der Waals surface area contributed by atoms with Gasteiger partial charge >= 0.3 is 5.97 Å². The van der Waals surface area contributed by atoms with Crippen molar-refractivity contribution in [1.29, 1.82) is 0 Å². The number of carboxylic acids is 1. The van der Waals surface area contributed by atoms with Crippen LogP contribution in [0.5, 0.6) is 0 Å². The van der Waals surface area contributed by atoms with Crippen LogP contribution in [0, 0.1) is 15.9 Å². The molecule has 0 fully saturated rings. The van der Waals surface area contributed by atoms with Crippen LogP contribution in [0.1, 0.15) is 9.67 Å². The Labute approximate surface area is 110 Å². The number of thiophene rings is 1. The average Bonchev–Trinajstić information content (AvgIpc) is 2.70. The lowest BCUT2D eigenvalue weighted by Crippen LogP contribution is -1.96. The number of aromatic carboxylic acids is 1. The lowest BCUT2D eigenvalue weighted by Gasteiger charge is -1.99. The minimum Gasteiger partial charge on any atom is -0.477 e. The number of rotatable bonds is 3. The smallest absolute Gasteiger partial charge is 0.348 e. The number of nitro groups is 1. The first-order valence-corrected chi connectivity index (χ1v) is 5.78. The summed E-state index contributed by atoms with van der Waals surface area (Å²) in [5, 5.41) is 19.8. The van der Waals surface area contributed by atoms with E-state index >= 15 is 0 Å². The van der Waals surface area contributed by atoms with E-state index in [1.807, 2.05) is 0 Å². The van der Waals surface area contributed by atoms with Crippen LogP contribution in [0.4, 0.5) is 15.8 Å². The highest BCUT2D eigenvalue weighted by molar-refractivity contribution is 7.18. The molecule has 0 aliphatic carbocycles. The zero-order chi connectivity index (χ0) is 14.2. The largest absolute Gasteiger partial charge is 0.477 e. The number of nitrogen functional groups attached to an aromatic ring is 1. The quantitative estimate of drug-likeness (QED) is 0.665. The number of nitrogens with two attached hydrogens (primary N) is 1. The highest BCUT2D eigenvalue weighted by Gasteiger charge is 2.21. The topological polar surface area (TPSA) is 106 Å². The first kappa shape index (κ1) is 13.0. The maximum atomic E-state index is 13.2. The Kier molecular flexibility index (Phi) is 3.17. The number of nitrogens with zero attached hydrogens (tertiary/aromatic N) is 1. The van der Waals surface area contributed by atoms with Crippen molar-refractivity contribution in [2.24, 2.45) is 0 Å². The fourth-order valence-corrected chi connectivity index (χ4v) is 2.51. The van der Waals surface area contributed by atoms with E-state index in [-0.39, 0.29) is 26.7 Å². The van der Waals surface area contributed by atoms with E-state index in [0.29, 0.717) is 0 Å². The summed E-state index contributed by atoms with van der Waals surface area (Å²) in [6, 6.07) is 4.27. The Morgan fingerprint density at radius 2 is 2.11 bits per heavy atom. The Bertz CT molecular complexity index is 683. The van der Waals surface area contributed by atoms with Crippen molar-refractivity contribution in [3.63, 3.8) is 0 Å². The summed E-state index contributed by atoms with van der Waals surface area (Å²) in [6.07, 6.45) is 0. The minimum atomic E-state index is -1.23. The number of carbonyl (C=O) groups is 1. The van der Waals surface area contributed by atoms with Gasteiger partial charge in [0.1, 0.15) is 10.7 Å². The summed E-state index contributed by atoms with van der Waals surface area (Å²) in [7, 11) is 0. The summed E-state index contributed by atoms with van der Waals surface area (Å²) >= 11 is 0.765. The molecule has 2 rings (SSSR count). The lowest BCUT2D eigenvalue weighted by atomic mass is 10.1. The molecule has 19 heavy (non-hydrogen) atoms. The van der Waals surface area contributed by atoms with E-state index < -0.39 is 16.7 Å². The molecular weight excluding hydrogens is 275 g/mol. The molecule has 0 unspecified atom stereocenters. The van der Waals surface area contributed by atoms with Gasteiger partial charge in [0.15, 0.2) is 0 Å². The van der Waals surface area contributed by atoms with E-state index in [1.54, 1.807) is 0 Å². The maximum absolute atomic E-state index is 13.2. The Hall–Kier alpha value is -2.48. The van der Waals surface area contributed by atoms with Crippen molar-refractivity contribution >= 4 is 28.7 Å². The molecule has 98 valence electrons. The maximum Gasteiger partial charge on any atom is 0.348 e. The van der Waals surface area contributed by atoms with Crippen molar-refractivity contribution < 1.29 is 19.2 Å². The van der Waals surface area contributed by atoms with Gasteiger partial charge in [-0.15, -0.1) is 11.3 Å². The van der Waals surface area contributed by atoms with Gasteiger partial charge in [-0.05, 0) is 18.2 Å². The lowest BCUT2D eigenvalue weighted by molar-refractivity contribution is -0.384. The van der Waals surface area contributed by atoms with Gasteiger partial charge in [0, 0.05) is 10.9 Å². The molecule has 0 spiro atoms. The molecular formula is C11H7FN2O4S. The zero-order valence-corrected chi connectivity index (χ0v) is 10.1. The molecule has 0 amide bonds. The molecule has 6 nitrogen and oxygen atoms in total. The van der Waals surface area contributed by atoms with Crippen LogP contribution in [0.2, 0.25) is 0 Å². The highest BCUT2D eigenvalue weighted by Crippen LogP contribution is 2.38. The van der Waals surface area contributed by atoms with Gasteiger partial charge in [-0.25, -0.2) is 9.18 Å². The van der Waals surface area contributed by atoms with Crippen LogP contribution in [0.3, 0.4) is 0 Å². The zero-order valence-electron chi connectivity index (χ0n) is 9.29. The molecule has 1 aromatic carbocycles. The fraction of sp³-hybridized carbons (Fsp3) is 0. The van der Waals surface area contributed by atoms with Crippen LogP contribution < -0.4 is 5.73 Å². The molecule has 0 atom stereocenters. The summed E-state index contributed by atoms with van der Waals surface area (Å²) < 4.78 is 13.2. The van der Waals surface area contributed by atoms with Crippen molar-refractivity contribution in [2.75, 3.05) is 5.73 Å². The highest BCUT2D eigenvalue weighted by atomic mass is 32.1. The van der Waals surface area contributed by atoms with Gasteiger partial charge in [-0.1, -0.05) is 0 Å². The second kappa shape index (κ2) is 4.65. The number of anilines is 1. The van der Waals surface area contributed by atoms with Crippen molar-refractivity contribution in [2.45, 2.75) is 0 Å². The standard InChI is InChI=1S/C11H7FN2O4S/c12-5-1-2-8(14(17)18)6(3-5)9-4-7(13)10(19-9)11(15)16/h1-4H,13H2,(H,15,16). The number of benzene rings is 1. The molecule has 0 radical (unpaired) electrons. The Morgan fingerprint density at radius 3 is 2.63 bits per heavy atom. The predicted molar refractivity (Wildman–Crippen MR) is 67.7 cm³/mol. The fourth-order valence-electron chi connectivity index (χ4n) is 1.57. The first-order valence-electron chi connectivity index (χ1n) is 4.97. The van der Waals surface area contributed by atoms with Gasteiger partial charge < -0.3 is 10.8 Å². The van der Waals surface area contributed by atoms with Gasteiger partial charge in [-0.3, -0.25) is 10.1 Å². The number of halogens is 1. The molecule has 1 aromatic heterocycles. The molecule has 3 N–H and O–H groups in total. The van der Waals surface area contributed by atoms with E-state index in [9.17, 15) is 19.3 Å². The van der Waals surface area contributed by atoms with Crippen LogP contribution in [-0.4, -0.2) is 16.0 Å². The first-order chi connectivity index (χ1) is 8.90. The second-order valence-electron chi connectivity index (χ2n) is 3.62. The van der Waals surface area contributed by atoms with E-state index in [0.717, 1.165) is 29.5 Å². The van der Waals surface area contributed by atoms with Gasteiger partial charge in [0.2, 0.25) is 0 Å². The van der Waals surface area contributed by atoms with Crippen LogP contribution in [0.25, 0.3) is 10.4 Å². The molecule has 8 heteroatoms. The molecule has 0 saturated heterocycles. The second-order valence-corrected chi connectivity index (χ2v) is 4.67. The van der Waals surface area contributed by atoms with E-state index in [2.05, 4.69) is 0 Å². The van der Waals surface area contributed by atoms with Gasteiger partial charge in [0.05, 0.1) is 16.2 Å². The monoisotopic (exact) mass is 282 g/mol. The Balaban J connectivity index is 2.64. The van der Waals surface area contributed by atoms with Gasteiger partial charge in [0.25, 0.3) is 5.69 Å². The molecule has 1 heterocycles. The third-order valence-corrected chi connectivity index (χ3v) is 3.55. The molecule has 0 bridgehead atoms. The van der Waals surface area contributed by atoms with Crippen LogP contribution in [0.15, 0.2) is 24.3 Å². The molecule has 0 aliphatic rings. The third kappa shape index (κ3) is 2.38. The van der Waals surface area contributed by atoms with Crippen molar-refractivity contribution in [3.8, 4) is 10.4 Å². The Morgan fingerprint density at radius 1 is 1.42 bits per heavy atom. The molecule has 0 aliphatic heterocycles. The number of hydrogen-bond acceptors (Lipinski definition) is 5. The van der Waals surface area contributed by atoms with Crippen LogP contribution >= 0.6 is 11.3 Å². The summed E-state index contributed by atoms with van der Waals surface area (Å²) in [5.41, 5.74) is 5.20. The molecule has 0 saturated carbocycles. The van der Waals surface area contributed by atoms with E-state index in [1.165, 1.54) is 6.07 Å². The van der Waals surface area contributed by atoms with Gasteiger partial charge in [-0.2, -0.15) is 0 Å². The predicted octanol–water partition coefficient (Wildman–Crippen LogP) is 2.74. The van der Waals surface area contributed by atoms with Crippen LogP contribution in [-0.2, 0) is 0 Å². The van der Waals surface area contributed by atoms with Crippen molar-refractivity contribution in [1.82, 2.24) is 0 Å². The summed E-state index contributed by atoms with van der Waals surface area (Å²) in [4.78, 5) is 21.2.